The average Bonchev–Trinajstić information content (AvgIpc) is 2.88. The topological polar surface area (TPSA) is 41.5 Å². The molecule has 0 bridgehead atoms. The molecule has 1 aliphatic carbocycles. The average molecular weight is 272 g/mol. The number of nitrogens with one attached hydrogen (secondary N) is 1. The Morgan fingerprint density at radius 2 is 1.95 bits per heavy atom. The molecule has 0 fully saturated rings. The Hall–Kier alpha value is -1.64. The lowest BCUT2D eigenvalue weighted by Gasteiger charge is -2.03. The van der Waals surface area contributed by atoms with Crippen molar-refractivity contribution in [2.45, 2.75) is 58.3 Å². The molecule has 3 nitrogen and oxygen atoms in total. The second-order valence-electron chi connectivity index (χ2n) is 5.41. The van der Waals surface area contributed by atoms with Gasteiger partial charge in [-0.2, -0.15) is 5.10 Å². The van der Waals surface area contributed by atoms with Gasteiger partial charge in [0.05, 0.1) is 5.71 Å². The number of benzene rings is 1. The summed E-state index contributed by atoms with van der Waals surface area (Å²) in [6, 6.07) is 8.29. The Morgan fingerprint density at radius 1 is 1.15 bits per heavy atom. The smallest absolute Gasteiger partial charge is 0.240 e. The van der Waals surface area contributed by atoms with Crippen LogP contribution in [0.5, 0.6) is 0 Å². The summed E-state index contributed by atoms with van der Waals surface area (Å²) in [6.07, 6.45) is 8.37. The lowest BCUT2D eigenvalue weighted by atomic mass is 10.1. The molecule has 20 heavy (non-hydrogen) atoms. The Kier molecular flexibility index (Phi) is 5.78. The van der Waals surface area contributed by atoms with E-state index >= 15 is 0 Å². The summed E-state index contributed by atoms with van der Waals surface area (Å²) in [5.74, 6) is 0.0402. The highest BCUT2D eigenvalue weighted by molar-refractivity contribution is 6.04. The molecule has 0 atom stereocenters. The number of unbranched alkanes of at least 4 members (excludes halogenated alkanes) is 4. The monoisotopic (exact) mass is 272 g/mol. The Balaban J connectivity index is 1.75. The van der Waals surface area contributed by atoms with E-state index in [1.807, 2.05) is 6.07 Å². The molecule has 0 saturated heterocycles. The van der Waals surface area contributed by atoms with Crippen molar-refractivity contribution in [3.05, 3.63) is 35.4 Å². The molecule has 0 aliphatic heterocycles. The number of carbonyl (C=O) groups is 1. The molecule has 1 N–H and O–H groups in total. The molecular weight excluding hydrogens is 248 g/mol. The summed E-state index contributed by atoms with van der Waals surface area (Å²) in [4.78, 5) is 11.7. The van der Waals surface area contributed by atoms with Gasteiger partial charge in [-0.25, -0.2) is 5.43 Å². The molecule has 0 radical (unpaired) electrons. The predicted molar refractivity (Wildman–Crippen MR) is 82.8 cm³/mol. The Bertz CT molecular complexity index is 480. The third kappa shape index (κ3) is 4.19. The van der Waals surface area contributed by atoms with E-state index in [0.29, 0.717) is 6.42 Å². The third-order valence-corrected chi connectivity index (χ3v) is 3.78. The first kappa shape index (κ1) is 14.8. The van der Waals surface area contributed by atoms with Crippen LogP contribution in [0.4, 0.5) is 0 Å². The first-order valence-electron chi connectivity index (χ1n) is 7.75. The van der Waals surface area contributed by atoms with Crippen molar-refractivity contribution in [2.75, 3.05) is 0 Å². The van der Waals surface area contributed by atoms with Crippen molar-refractivity contribution in [3.8, 4) is 0 Å². The molecule has 0 aromatic heterocycles. The predicted octanol–water partition coefficient (Wildman–Crippen LogP) is 3.81. The van der Waals surface area contributed by atoms with Gasteiger partial charge in [0.25, 0.3) is 0 Å². The van der Waals surface area contributed by atoms with Crippen LogP contribution in [0.25, 0.3) is 0 Å². The molecule has 1 aromatic rings. The van der Waals surface area contributed by atoms with E-state index < -0.39 is 0 Å². The van der Waals surface area contributed by atoms with Crippen LogP contribution in [0, 0.1) is 0 Å². The van der Waals surface area contributed by atoms with Gasteiger partial charge in [-0.3, -0.25) is 4.79 Å². The minimum Gasteiger partial charge on any atom is -0.273 e. The zero-order valence-corrected chi connectivity index (χ0v) is 12.3. The highest BCUT2D eigenvalue weighted by atomic mass is 16.2. The van der Waals surface area contributed by atoms with E-state index in [0.717, 1.165) is 31.4 Å². The van der Waals surface area contributed by atoms with Crippen molar-refractivity contribution in [2.24, 2.45) is 5.10 Å². The SMILES string of the molecule is CCCCCCCC(=O)NN=C1CCc2ccccc21. The van der Waals surface area contributed by atoms with E-state index in [-0.39, 0.29) is 5.91 Å². The van der Waals surface area contributed by atoms with Gasteiger partial charge in [0.2, 0.25) is 5.91 Å². The number of hydrogen-bond acceptors (Lipinski definition) is 2. The molecule has 3 heteroatoms. The molecule has 0 unspecified atom stereocenters. The molecule has 108 valence electrons. The van der Waals surface area contributed by atoms with E-state index in [4.69, 9.17) is 0 Å². The quantitative estimate of drug-likeness (QED) is 0.595. The number of rotatable bonds is 7. The number of hydrogen-bond donors (Lipinski definition) is 1. The fourth-order valence-electron chi connectivity index (χ4n) is 2.60. The van der Waals surface area contributed by atoms with Gasteiger partial charge in [0, 0.05) is 12.0 Å². The number of hydrazone groups is 1. The molecule has 0 saturated carbocycles. The summed E-state index contributed by atoms with van der Waals surface area (Å²) in [6.45, 7) is 2.20. The van der Waals surface area contributed by atoms with Gasteiger partial charge in [0.1, 0.15) is 0 Å². The summed E-state index contributed by atoms with van der Waals surface area (Å²) in [7, 11) is 0. The maximum atomic E-state index is 11.7. The maximum absolute atomic E-state index is 11.7. The normalized spacial score (nSPS) is 15.3. The van der Waals surface area contributed by atoms with Crippen LogP contribution in [0.1, 0.15) is 63.0 Å². The fourth-order valence-corrected chi connectivity index (χ4v) is 2.60. The molecule has 0 spiro atoms. The van der Waals surface area contributed by atoms with Crippen molar-refractivity contribution in [3.63, 3.8) is 0 Å². The highest BCUT2D eigenvalue weighted by Gasteiger charge is 2.16. The van der Waals surface area contributed by atoms with Gasteiger partial charge < -0.3 is 0 Å². The Morgan fingerprint density at radius 3 is 2.80 bits per heavy atom. The van der Waals surface area contributed by atoms with Crippen LogP contribution >= 0.6 is 0 Å². The van der Waals surface area contributed by atoms with Crippen LogP contribution < -0.4 is 5.43 Å². The highest BCUT2D eigenvalue weighted by Crippen LogP contribution is 2.21. The van der Waals surface area contributed by atoms with E-state index in [2.05, 4.69) is 35.7 Å². The standard InChI is InChI=1S/C17H24N2O/c1-2-3-4-5-6-11-17(20)19-18-16-13-12-14-9-7-8-10-15(14)16/h7-10H,2-6,11-13H2,1H3,(H,19,20). The lowest BCUT2D eigenvalue weighted by molar-refractivity contribution is -0.121. The second-order valence-corrected chi connectivity index (χ2v) is 5.41. The zero-order valence-electron chi connectivity index (χ0n) is 12.3. The van der Waals surface area contributed by atoms with Crippen molar-refractivity contribution in [1.82, 2.24) is 5.43 Å². The minimum absolute atomic E-state index is 0.0402. The fraction of sp³-hybridized carbons (Fsp3) is 0.529. The van der Waals surface area contributed by atoms with Gasteiger partial charge in [-0.05, 0) is 24.8 Å². The number of aryl methyl sites for hydroxylation is 1. The zero-order chi connectivity index (χ0) is 14.2. The van der Waals surface area contributed by atoms with Crippen LogP contribution in [0.15, 0.2) is 29.4 Å². The molecule has 2 rings (SSSR count). The van der Waals surface area contributed by atoms with Crippen molar-refractivity contribution >= 4 is 11.6 Å². The van der Waals surface area contributed by atoms with E-state index in [9.17, 15) is 4.79 Å². The summed E-state index contributed by atoms with van der Waals surface area (Å²) < 4.78 is 0. The lowest BCUT2D eigenvalue weighted by Crippen LogP contribution is -2.19. The second kappa shape index (κ2) is 7.83. The van der Waals surface area contributed by atoms with Crippen LogP contribution in [0.2, 0.25) is 0 Å². The molecular formula is C17H24N2O. The summed E-state index contributed by atoms with van der Waals surface area (Å²) in [5, 5.41) is 4.30. The largest absolute Gasteiger partial charge is 0.273 e. The molecule has 1 amide bonds. The summed E-state index contributed by atoms with van der Waals surface area (Å²) >= 11 is 0. The number of nitrogens with zero attached hydrogens (tertiary/aromatic N) is 1. The van der Waals surface area contributed by atoms with E-state index in [1.165, 1.54) is 30.4 Å². The molecule has 0 heterocycles. The Labute approximate surface area is 121 Å². The van der Waals surface area contributed by atoms with Crippen LogP contribution in [-0.2, 0) is 11.2 Å². The number of carbonyl (C=O) groups excluding carboxylic acids is 1. The van der Waals surface area contributed by atoms with Gasteiger partial charge >= 0.3 is 0 Å². The van der Waals surface area contributed by atoms with Crippen molar-refractivity contribution in [1.29, 1.82) is 0 Å². The number of amides is 1. The first-order chi connectivity index (χ1) is 9.81. The molecule has 1 aliphatic rings. The van der Waals surface area contributed by atoms with Gasteiger partial charge in [-0.1, -0.05) is 56.9 Å². The number of fused-ring (bicyclic) bond motifs is 1. The van der Waals surface area contributed by atoms with Crippen LogP contribution in [-0.4, -0.2) is 11.6 Å². The third-order valence-electron chi connectivity index (χ3n) is 3.78. The molecule has 1 aromatic carbocycles. The first-order valence-corrected chi connectivity index (χ1v) is 7.75. The minimum atomic E-state index is 0.0402. The van der Waals surface area contributed by atoms with Crippen molar-refractivity contribution < 1.29 is 4.79 Å². The van der Waals surface area contributed by atoms with Gasteiger partial charge in [0.15, 0.2) is 0 Å². The van der Waals surface area contributed by atoms with Crippen LogP contribution in [0.3, 0.4) is 0 Å². The maximum Gasteiger partial charge on any atom is 0.240 e. The summed E-state index contributed by atoms with van der Waals surface area (Å²) in [5.41, 5.74) is 6.24. The van der Waals surface area contributed by atoms with Gasteiger partial charge in [-0.15, -0.1) is 0 Å². The van der Waals surface area contributed by atoms with E-state index in [1.54, 1.807) is 0 Å².